The van der Waals surface area contributed by atoms with Crippen LogP contribution in [0.15, 0.2) is 48.7 Å². The van der Waals surface area contributed by atoms with Crippen molar-refractivity contribution in [3.63, 3.8) is 0 Å². The van der Waals surface area contributed by atoms with Crippen molar-refractivity contribution in [2.24, 2.45) is 0 Å². The third-order valence-electron chi connectivity index (χ3n) is 3.27. The van der Waals surface area contributed by atoms with Crippen molar-refractivity contribution in [1.29, 1.82) is 0 Å². The lowest BCUT2D eigenvalue weighted by Crippen LogP contribution is -2.12. The number of hydrogen-bond acceptors (Lipinski definition) is 3. The molecule has 1 aromatic heterocycles. The molecule has 0 unspecified atom stereocenters. The first-order valence-corrected chi connectivity index (χ1v) is 8.54. The molecule has 2 nitrogen and oxygen atoms in total. The van der Waals surface area contributed by atoms with E-state index in [1.165, 1.54) is 12.1 Å². The average Bonchev–Trinajstić information content (AvgIpc) is 3.00. The molecule has 0 spiro atoms. The zero-order chi connectivity index (χ0) is 16.2. The summed E-state index contributed by atoms with van der Waals surface area (Å²) < 4.78 is 12.9. The predicted molar refractivity (Wildman–Crippen MR) is 94.5 cm³/mol. The molecule has 0 aliphatic carbocycles. The van der Waals surface area contributed by atoms with Gasteiger partial charge in [-0.15, -0.1) is 11.3 Å². The monoisotopic (exact) mass is 366 g/mol. The van der Waals surface area contributed by atoms with Crippen LogP contribution in [0.1, 0.15) is 10.6 Å². The molecule has 0 aliphatic heterocycles. The molecule has 2 aromatic carbocycles. The Balaban J connectivity index is 1.59. The largest absolute Gasteiger partial charge is 0.306 e. The zero-order valence-electron chi connectivity index (χ0n) is 12.0. The maximum atomic E-state index is 12.9. The minimum Gasteiger partial charge on any atom is -0.306 e. The molecule has 0 saturated heterocycles. The Hall–Kier alpha value is -1.46. The first-order chi connectivity index (χ1) is 11.1. The van der Waals surface area contributed by atoms with E-state index >= 15 is 0 Å². The number of rotatable bonds is 5. The summed E-state index contributed by atoms with van der Waals surface area (Å²) in [5.41, 5.74) is 2.04. The van der Waals surface area contributed by atoms with E-state index in [0.717, 1.165) is 21.0 Å². The van der Waals surface area contributed by atoms with Crippen molar-refractivity contribution >= 4 is 34.5 Å². The van der Waals surface area contributed by atoms with E-state index in [4.69, 9.17) is 23.2 Å². The topological polar surface area (TPSA) is 24.9 Å². The molecule has 0 amide bonds. The molecule has 3 rings (SSSR count). The van der Waals surface area contributed by atoms with E-state index in [9.17, 15) is 4.39 Å². The first kappa shape index (κ1) is 16.4. The molecule has 1 heterocycles. The van der Waals surface area contributed by atoms with Gasteiger partial charge >= 0.3 is 0 Å². The number of aromatic nitrogens is 1. The highest BCUT2D eigenvalue weighted by molar-refractivity contribution is 7.15. The molecule has 0 saturated carbocycles. The van der Waals surface area contributed by atoms with E-state index in [0.29, 0.717) is 23.1 Å². The second-order valence-electron chi connectivity index (χ2n) is 4.98. The minimum absolute atomic E-state index is 0.234. The molecule has 3 aromatic rings. The fourth-order valence-corrected chi connectivity index (χ4v) is 3.32. The second kappa shape index (κ2) is 7.41. The van der Waals surface area contributed by atoms with E-state index in [1.54, 1.807) is 29.5 Å². The van der Waals surface area contributed by atoms with Gasteiger partial charge in [0.05, 0.1) is 14.9 Å². The van der Waals surface area contributed by atoms with E-state index in [2.05, 4.69) is 10.3 Å². The molecule has 0 aliphatic rings. The van der Waals surface area contributed by atoms with Gasteiger partial charge in [-0.2, -0.15) is 0 Å². The molecule has 6 heteroatoms. The summed E-state index contributed by atoms with van der Waals surface area (Å²) in [6, 6.07) is 12.0. The Morgan fingerprint density at radius 3 is 2.52 bits per heavy atom. The highest BCUT2D eigenvalue weighted by Gasteiger charge is 2.05. The highest BCUT2D eigenvalue weighted by atomic mass is 35.5. The van der Waals surface area contributed by atoms with Crippen LogP contribution >= 0.6 is 34.5 Å². The Morgan fingerprint density at radius 2 is 1.78 bits per heavy atom. The lowest BCUT2D eigenvalue weighted by molar-refractivity contribution is 0.628. The van der Waals surface area contributed by atoms with Gasteiger partial charge < -0.3 is 5.32 Å². The van der Waals surface area contributed by atoms with Gasteiger partial charge in [-0.1, -0.05) is 41.4 Å². The van der Waals surface area contributed by atoms with Crippen LogP contribution < -0.4 is 5.32 Å². The summed E-state index contributed by atoms with van der Waals surface area (Å²) in [7, 11) is 0. The SMILES string of the molecule is Fc1ccc(-c2cnc(CNCc3ccc(Cl)c(Cl)c3)s2)cc1. The number of nitrogens with zero attached hydrogens (tertiary/aromatic N) is 1. The van der Waals surface area contributed by atoms with Crippen molar-refractivity contribution in [3.8, 4) is 10.4 Å². The standard InChI is InChI=1S/C17H13Cl2FN2S/c18-14-6-1-11(7-15(14)19)8-21-10-17-22-9-16(23-17)12-2-4-13(20)5-3-12/h1-7,9,21H,8,10H2. The summed E-state index contributed by atoms with van der Waals surface area (Å²) in [5.74, 6) is -0.234. The maximum Gasteiger partial charge on any atom is 0.123 e. The van der Waals surface area contributed by atoms with Gasteiger partial charge in [-0.05, 0) is 35.4 Å². The van der Waals surface area contributed by atoms with Gasteiger partial charge in [0.1, 0.15) is 10.8 Å². The Morgan fingerprint density at radius 1 is 1.00 bits per heavy atom. The van der Waals surface area contributed by atoms with Crippen molar-refractivity contribution in [2.45, 2.75) is 13.1 Å². The quantitative estimate of drug-likeness (QED) is 0.640. The molecule has 0 fully saturated rings. The Kier molecular flexibility index (Phi) is 5.28. The van der Waals surface area contributed by atoms with Crippen LogP contribution in [0.5, 0.6) is 0 Å². The van der Waals surface area contributed by atoms with Gasteiger partial charge in [0.15, 0.2) is 0 Å². The van der Waals surface area contributed by atoms with Gasteiger partial charge in [0.2, 0.25) is 0 Å². The van der Waals surface area contributed by atoms with E-state index in [-0.39, 0.29) is 5.82 Å². The number of benzene rings is 2. The second-order valence-corrected chi connectivity index (χ2v) is 6.91. The zero-order valence-corrected chi connectivity index (χ0v) is 14.4. The molecule has 0 radical (unpaired) electrons. The van der Waals surface area contributed by atoms with Crippen LogP contribution in [0, 0.1) is 5.82 Å². The van der Waals surface area contributed by atoms with Crippen molar-refractivity contribution < 1.29 is 4.39 Å². The van der Waals surface area contributed by atoms with E-state index < -0.39 is 0 Å². The molecule has 118 valence electrons. The summed E-state index contributed by atoms with van der Waals surface area (Å²) >= 11 is 13.5. The molecular formula is C17H13Cl2FN2S. The van der Waals surface area contributed by atoms with Crippen LogP contribution in [-0.4, -0.2) is 4.98 Å². The molecule has 1 N–H and O–H groups in total. The lowest BCUT2D eigenvalue weighted by Gasteiger charge is -2.04. The van der Waals surface area contributed by atoms with Crippen molar-refractivity contribution in [1.82, 2.24) is 10.3 Å². The normalized spacial score (nSPS) is 10.9. The van der Waals surface area contributed by atoms with Gasteiger partial charge in [0, 0.05) is 19.3 Å². The van der Waals surface area contributed by atoms with Crippen LogP contribution in [0.2, 0.25) is 10.0 Å². The summed E-state index contributed by atoms with van der Waals surface area (Å²) in [4.78, 5) is 5.42. The number of nitrogens with one attached hydrogen (secondary N) is 1. The minimum atomic E-state index is -0.234. The summed E-state index contributed by atoms with van der Waals surface area (Å²) in [6.07, 6.45) is 1.81. The summed E-state index contributed by atoms with van der Waals surface area (Å²) in [6.45, 7) is 1.34. The molecule has 0 bridgehead atoms. The average molecular weight is 367 g/mol. The third kappa shape index (κ3) is 4.30. The third-order valence-corrected chi connectivity index (χ3v) is 5.06. The van der Waals surface area contributed by atoms with Crippen LogP contribution in [-0.2, 0) is 13.1 Å². The lowest BCUT2D eigenvalue weighted by atomic mass is 10.2. The number of thiazole rings is 1. The fourth-order valence-electron chi connectivity index (χ4n) is 2.10. The highest BCUT2D eigenvalue weighted by Crippen LogP contribution is 2.26. The Labute approximate surface area is 147 Å². The van der Waals surface area contributed by atoms with Gasteiger partial charge in [-0.3, -0.25) is 0 Å². The van der Waals surface area contributed by atoms with Crippen molar-refractivity contribution in [3.05, 3.63) is 75.1 Å². The van der Waals surface area contributed by atoms with Gasteiger partial charge in [-0.25, -0.2) is 9.37 Å². The summed E-state index contributed by atoms with van der Waals surface area (Å²) in [5, 5.41) is 5.41. The van der Waals surface area contributed by atoms with E-state index in [1.807, 2.05) is 18.3 Å². The maximum absolute atomic E-state index is 12.9. The molecular weight excluding hydrogens is 354 g/mol. The smallest absolute Gasteiger partial charge is 0.123 e. The molecule has 0 atom stereocenters. The Bertz CT molecular complexity index is 803. The van der Waals surface area contributed by atoms with Crippen LogP contribution in [0.4, 0.5) is 4.39 Å². The van der Waals surface area contributed by atoms with Gasteiger partial charge in [0.25, 0.3) is 0 Å². The number of hydrogen-bond donors (Lipinski definition) is 1. The predicted octanol–water partition coefficient (Wildman–Crippen LogP) is 5.55. The van der Waals surface area contributed by atoms with Crippen LogP contribution in [0.25, 0.3) is 10.4 Å². The number of halogens is 3. The molecule has 23 heavy (non-hydrogen) atoms. The van der Waals surface area contributed by atoms with Crippen LogP contribution in [0.3, 0.4) is 0 Å². The fraction of sp³-hybridized carbons (Fsp3) is 0.118. The van der Waals surface area contributed by atoms with Crippen molar-refractivity contribution in [2.75, 3.05) is 0 Å². The first-order valence-electron chi connectivity index (χ1n) is 6.97.